The lowest BCUT2D eigenvalue weighted by molar-refractivity contribution is -0.133. The van der Waals surface area contributed by atoms with Crippen LogP contribution >= 0.6 is 0 Å². The number of carbonyl (C=O) groups excluding carboxylic acids is 3. The molecule has 1 aromatic heterocycles. The second-order valence-electron chi connectivity index (χ2n) is 7.55. The summed E-state index contributed by atoms with van der Waals surface area (Å²) in [6.45, 7) is 9.96. The maximum absolute atomic E-state index is 13.0. The van der Waals surface area contributed by atoms with Gasteiger partial charge in [-0.05, 0) is 38.7 Å². The third-order valence-corrected chi connectivity index (χ3v) is 5.99. The van der Waals surface area contributed by atoms with Gasteiger partial charge < -0.3 is 9.88 Å². The van der Waals surface area contributed by atoms with Crippen LogP contribution in [-0.2, 0) is 11.3 Å². The fourth-order valence-corrected chi connectivity index (χ4v) is 4.36. The number of rotatable bonds is 5. The van der Waals surface area contributed by atoms with Gasteiger partial charge in [-0.25, -0.2) is 4.79 Å². The first-order chi connectivity index (χ1) is 12.3. The summed E-state index contributed by atoms with van der Waals surface area (Å²) in [5.41, 5.74) is 1.53. The third kappa shape index (κ3) is 2.77. The number of carbonyl (C=O) groups is 3. The van der Waals surface area contributed by atoms with Crippen molar-refractivity contribution in [3.05, 3.63) is 35.7 Å². The second kappa shape index (κ2) is 6.74. The van der Waals surface area contributed by atoms with Crippen LogP contribution in [-0.4, -0.2) is 39.3 Å². The molecule has 1 aliphatic carbocycles. The van der Waals surface area contributed by atoms with Crippen molar-refractivity contribution >= 4 is 17.7 Å². The average Bonchev–Trinajstić information content (AvgIpc) is 3.01. The molecule has 3 rings (SSSR count). The molecule has 26 heavy (non-hydrogen) atoms. The molecule has 1 saturated carbocycles. The smallest absolute Gasteiger partial charge is 0.325 e. The number of hydrogen-bond donors (Lipinski definition) is 1. The highest BCUT2D eigenvalue weighted by Crippen LogP contribution is 2.38. The molecule has 6 nitrogen and oxygen atoms in total. The van der Waals surface area contributed by atoms with Crippen LogP contribution < -0.4 is 5.32 Å². The Morgan fingerprint density at radius 2 is 2.12 bits per heavy atom. The van der Waals surface area contributed by atoms with Crippen LogP contribution in [0.1, 0.15) is 54.4 Å². The third-order valence-electron chi connectivity index (χ3n) is 5.99. The van der Waals surface area contributed by atoms with Crippen LogP contribution in [0.3, 0.4) is 0 Å². The van der Waals surface area contributed by atoms with Gasteiger partial charge in [-0.2, -0.15) is 0 Å². The van der Waals surface area contributed by atoms with E-state index in [1.807, 2.05) is 31.4 Å². The first-order valence-corrected chi connectivity index (χ1v) is 9.26. The van der Waals surface area contributed by atoms with Crippen LogP contribution in [0.15, 0.2) is 18.7 Å². The molecular formula is C20H27N3O3. The second-order valence-corrected chi connectivity index (χ2v) is 7.55. The van der Waals surface area contributed by atoms with Crippen molar-refractivity contribution in [1.29, 1.82) is 0 Å². The van der Waals surface area contributed by atoms with Crippen molar-refractivity contribution in [2.75, 3.05) is 6.54 Å². The van der Waals surface area contributed by atoms with E-state index in [2.05, 4.69) is 11.9 Å². The molecule has 2 fully saturated rings. The predicted molar refractivity (Wildman–Crippen MR) is 99.0 cm³/mol. The summed E-state index contributed by atoms with van der Waals surface area (Å²) in [7, 11) is 0. The van der Waals surface area contributed by atoms with Crippen LogP contribution in [0.4, 0.5) is 4.79 Å². The summed E-state index contributed by atoms with van der Waals surface area (Å²) in [6, 6.07) is 1.37. The molecule has 2 aliphatic rings. The summed E-state index contributed by atoms with van der Waals surface area (Å²) in [4.78, 5) is 39.4. The number of nitrogens with one attached hydrogen (secondary N) is 1. The Labute approximate surface area is 154 Å². The summed E-state index contributed by atoms with van der Waals surface area (Å²) in [6.07, 6.45) is 5.33. The van der Waals surface area contributed by atoms with Crippen molar-refractivity contribution in [3.8, 4) is 0 Å². The molecule has 3 amide bonds. The molecular weight excluding hydrogens is 330 g/mol. The van der Waals surface area contributed by atoms with Crippen molar-refractivity contribution in [1.82, 2.24) is 14.8 Å². The number of aromatic nitrogens is 1. The van der Waals surface area contributed by atoms with E-state index in [1.165, 1.54) is 0 Å². The van der Waals surface area contributed by atoms with Crippen LogP contribution in [0.5, 0.6) is 0 Å². The van der Waals surface area contributed by atoms with Gasteiger partial charge in [0.15, 0.2) is 5.78 Å². The molecule has 140 valence electrons. The summed E-state index contributed by atoms with van der Waals surface area (Å²) in [5.74, 6) is -0.370. The minimum absolute atomic E-state index is 0.0884. The quantitative estimate of drug-likeness (QED) is 0.500. The van der Waals surface area contributed by atoms with Gasteiger partial charge in [-0.1, -0.05) is 25.8 Å². The average molecular weight is 357 g/mol. The van der Waals surface area contributed by atoms with Crippen molar-refractivity contribution < 1.29 is 14.4 Å². The maximum atomic E-state index is 13.0. The molecule has 1 aromatic rings. The summed E-state index contributed by atoms with van der Waals surface area (Å²) >= 11 is 0. The highest BCUT2D eigenvalue weighted by atomic mass is 16.2. The van der Waals surface area contributed by atoms with Crippen molar-refractivity contribution in [2.24, 2.45) is 5.92 Å². The monoisotopic (exact) mass is 357 g/mol. The number of ketones is 1. The predicted octanol–water partition coefficient (Wildman–Crippen LogP) is 2.97. The molecule has 0 unspecified atom stereocenters. The van der Waals surface area contributed by atoms with Crippen LogP contribution in [0, 0.1) is 19.8 Å². The SMILES string of the molecule is C=CCn1c(C)cc(C(=O)CN2C(=O)N[C@@]3(CCCC[C@H]3C)C2=O)c1C. The zero-order chi connectivity index (χ0) is 19.1. The standard InChI is InChI=1S/C20H27N3O3/c1-5-10-22-14(3)11-16(15(22)4)17(24)12-23-18(25)20(21-19(23)26)9-7-6-8-13(20)2/h5,11,13H,1,6-10,12H2,2-4H3,(H,21,26)/t13-,20-/m1/s1. The number of imide groups is 1. The molecule has 2 heterocycles. The molecule has 1 N–H and O–H groups in total. The molecule has 0 radical (unpaired) electrons. The van der Waals surface area contributed by atoms with Gasteiger partial charge in [-0.3, -0.25) is 14.5 Å². The number of aryl methyl sites for hydroxylation is 1. The lowest BCUT2D eigenvalue weighted by Crippen LogP contribution is -2.54. The highest BCUT2D eigenvalue weighted by molar-refractivity contribution is 6.11. The molecule has 0 bridgehead atoms. The van der Waals surface area contributed by atoms with Crippen LogP contribution in [0.2, 0.25) is 0 Å². The van der Waals surface area contributed by atoms with Gasteiger partial charge in [0.1, 0.15) is 5.54 Å². The lowest BCUT2D eigenvalue weighted by atomic mass is 9.73. The Morgan fingerprint density at radius 1 is 1.38 bits per heavy atom. The van der Waals surface area contributed by atoms with Gasteiger partial charge in [0.05, 0.1) is 6.54 Å². The first-order valence-electron chi connectivity index (χ1n) is 9.26. The summed E-state index contributed by atoms with van der Waals surface area (Å²) < 4.78 is 2.00. The lowest BCUT2D eigenvalue weighted by Gasteiger charge is -2.36. The normalized spacial score (nSPS) is 25.7. The largest absolute Gasteiger partial charge is 0.345 e. The van der Waals surface area contributed by atoms with Gasteiger partial charge in [0.2, 0.25) is 0 Å². The maximum Gasteiger partial charge on any atom is 0.325 e. The minimum Gasteiger partial charge on any atom is -0.345 e. The molecule has 1 aliphatic heterocycles. The van der Waals surface area contributed by atoms with Crippen LogP contribution in [0.25, 0.3) is 0 Å². The number of hydrogen-bond acceptors (Lipinski definition) is 3. The molecule has 2 atom stereocenters. The fraction of sp³-hybridized carbons (Fsp3) is 0.550. The molecule has 0 aromatic carbocycles. The first kappa shape index (κ1) is 18.4. The highest BCUT2D eigenvalue weighted by Gasteiger charge is 2.55. The van der Waals surface area contributed by atoms with E-state index in [0.717, 1.165) is 35.6 Å². The van der Waals surface area contributed by atoms with Crippen molar-refractivity contribution in [3.63, 3.8) is 0 Å². The van der Waals surface area contributed by atoms with Crippen molar-refractivity contribution in [2.45, 2.75) is 58.5 Å². The number of amides is 3. The molecule has 6 heteroatoms. The number of nitrogens with zero attached hydrogens (tertiary/aromatic N) is 2. The van der Waals surface area contributed by atoms with Gasteiger partial charge in [0.25, 0.3) is 5.91 Å². The Kier molecular flexibility index (Phi) is 4.78. The Balaban J connectivity index is 1.82. The van der Waals surface area contributed by atoms with Gasteiger partial charge in [0, 0.05) is 23.5 Å². The Bertz CT molecular complexity index is 780. The van der Waals surface area contributed by atoms with E-state index in [1.54, 1.807) is 6.08 Å². The Morgan fingerprint density at radius 3 is 2.77 bits per heavy atom. The zero-order valence-electron chi connectivity index (χ0n) is 15.8. The number of Topliss-reactive ketones (excluding diaryl/α,β-unsaturated/α-hetero) is 1. The van der Waals surface area contributed by atoms with Gasteiger partial charge in [-0.15, -0.1) is 6.58 Å². The summed E-state index contributed by atoms with van der Waals surface area (Å²) in [5, 5.41) is 2.89. The van der Waals surface area contributed by atoms with Gasteiger partial charge >= 0.3 is 6.03 Å². The molecule has 1 saturated heterocycles. The topological polar surface area (TPSA) is 71.4 Å². The zero-order valence-corrected chi connectivity index (χ0v) is 15.8. The fourth-order valence-electron chi connectivity index (χ4n) is 4.36. The Hall–Kier alpha value is -2.37. The van der Waals surface area contributed by atoms with E-state index >= 15 is 0 Å². The van der Waals surface area contributed by atoms with E-state index in [0.29, 0.717) is 18.5 Å². The van der Waals surface area contributed by atoms with E-state index < -0.39 is 11.6 Å². The number of allylic oxidation sites excluding steroid dienone is 1. The molecule has 1 spiro atoms. The van der Waals surface area contributed by atoms with E-state index in [4.69, 9.17) is 0 Å². The number of urea groups is 1. The minimum atomic E-state index is -0.824. The van der Waals surface area contributed by atoms with E-state index in [9.17, 15) is 14.4 Å². The van der Waals surface area contributed by atoms with E-state index in [-0.39, 0.29) is 24.2 Å².